The molecule has 0 spiro atoms. The monoisotopic (exact) mass is 193 g/mol. The molecule has 3 heteroatoms. The molecule has 1 fully saturated rings. The SMILES string of the molecule is COc1ccccc1N[C@@H]1CC[C@H]1O. The lowest BCUT2D eigenvalue weighted by Crippen LogP contribution is -2.42. The number of benzene rings is 1. The zero-order valence-corrected chi connectivity index (χ0v) is 8.23. The molecular weight excluding hydrogens is 178 g/mol. The molecule has 0 heterocycles. The van der Waals surface area contributed by atoms with E-state index in [1.165, 1.54) is 0 Å². The van der Waals surface area contributed by atoms with Crippen LogP contribution in [0.5, 0.6) is 5.75 Å². The Morgan fingerprint density at radius 1 is 1.36 bits per heavy atom. The molecule has 2 atom stereocenters. The molecule has 1 saturated carbocycles. The van der Waals surface area contributed by atoms with Gasteiger partial charge in [-0.05, 0) is 25.0 Å². The van der Waals surface area contributed by atoms with Crippen LogP contribution in [0.25, 0.3) is 0 Å². The molecule has 1 aliphatic rings. The Bertz CT molecular complexity index is 314. The first-order valence-corrected chi connectivity index (χ1v) is 4.89. The van der Waals surface area contributed by atoms with Crippen molar-refractivity contribution in [3.05, 3.63) is 24.3 Å². The van der Waals surface area contributed by atoms with Crippen molar-refractivity contribution in [1.29, 1.82) is 0 Å². The largest absolute Gasteiger partial charge is 0.495 e. The molecule has 0 saturated heterocycles. The first-order valence-electron chi connectivity index (χ1n) is 4.89. The first kappa shape index (κ1) is 9.34. The van der Waals surface area contributed by atoms with E-state index in [4.69, 9.17) is 4.74 Å². The fourth-order valence-corrected chi connectivity index (χ4v) is 1.61. The van der Waals surface area contributed by atoms with Crippen LogP contribution in [0.4, 0.5) is 5.69 Å². The third-order valence-electron chi connectivity index (χ3n) is 2.69. The summed E-state index contributed by atoms with van der Waals surface area (Å²) >= 11 is 0. The van der Waals surface area contributed by atoms with Crippen LogP contribution in [-0.4, -0.2) is 24.4 Å². The number of hydrogen-bond acceptors (Lipinski definition) is 3. The van der Waals surface area contributed by atoms with Gasteiger partial charge in [0.2, 0.25) is 0 Å². The van der Waals surface area contributed by atoms with Crippen LogP contribution in [0.1, 0.15) is 12.8 Å². The molecule has 0 aliphatic heterocycles. The molecule has 76 valence electrons. The molecule has 1 aliphatic carbocycles. The highest BCUT2D eigenvalue weighted by molar-refractivity contribution is 5.57. The van der Waals surface area contributed by atoms with Gasteiger partial charge in [-0.1, -0.05) is 12.1 Å². The number of anilines is 1. The minimum Gasteiger partial charge on any atom is -0.495 e. The summed E-state index contributed by atoms with van der Waals surface area (Å²) in [6.45, 7) is 0. The van der Waals surface area contributed by atoms with Crippen LogP contribution >= 0.6 is 0 Å². The van der Waals surface area contributed by atoms with Gasteiger partial charge in [0.05, 0.1) is 24.9 Å². The van der Waals surface area contributed by atoms with Crippen LogP contribution in [0.15, 0.2) is 24.3 Å². The van der Waals surface area contributed by atoms with Crippen molar-refractivity contribution in [3.8, 4) is 5.75 Å². The summed E-state index contributed by atoms with van der Waals surface area (Å²) < 4.78 is 5.21. The van der Waals surface area contributed by atoms with Gasteiger partial charge in [-0.3, -0.25) is 0 Å². The number of aliphatic hydroxyl groups excluding tert-OH is 1. The van der Waals surface area contributed by atoms with E-state index in [1.807, 2.05) is 24.3 Å². The molecule has 0 radical (unpaired) electrons. The lowest BCUT2D eigenvalue weighted by atomic mass is 9.89. The van der Waals surface area contributed by atoms with E-state index in [-0.39, 0.29) is 12.1 Å². The lowest BCUT2D eigenvalue weighted by Gasteiger charge is -2.34. The number of rotatable bonds is 3. The minimum absolute atomic E-state index is 0.186. The van der Waals surface area contributed by atoms with Gasteiger partial charge < -0.3 is 15.2 Å². The highest BCUT2D eigenvalue weighted by atomic mass is 16.5. The van der Waals surface area contributed by atoms with Gasteiger partial charge in [-0.2, -0.15) is 0 Å². The summed E-state index contributed by atoms with van der Waals surface area (Å²) in [6, 6.07) is 7.94. The minimum atomic E-state index is -0.208. The second-order valence-corrected chi connectivity index (χ2v) is 3.60. The molecule has 2 N–H and O–H groups in total. The van der Waals surface area contributed by atoms with Crippen molar-refractivity contribution in [2.24, 2.45) is 0 Å². The smallest absolute Gasteiger partial charge is 0.141 e. The Morgan fingerprint density at radius 3 is 2.71 bits per heavy atom. The number of nitrogens with one attached hydrogen (secondary N) is 1. The van der Waals surface area contributed by atoms with Crippen LogP contribution in [0, 0.1) is 0 Å². The Balaban J connectivity index is 2.07. The summed E-state index contributed by atoms with van der Waals surface area (Å²) in [5, 5.41) is 12.7. The van der Waals surface area contributed by atoms with Crippen molar-refractivity contribution in [3.63, 3.8) is 0 Å². The van der Waals surface area contributed by atoms with Crippen molar-refractivity contribution in [2.75, 3.05) is 12.4 Å². The summed E-state index contributed by atoms with van der Waals surface area (Å²) in [7, 11) is 1.65. The number of methoxy groups -OCH3 is 1. The topological polar surface area (TPSA) is 41.5 Å². The molecular formula is C11H15NO2. The number of aliphatic hydroxyl groups is 1. The molecule has 14 heavy (non-hydrogen) atoms. The van der Waals surface area contributed by atoms with Crippen LogP contribution in [-0.2, 0) is 0 Å². The highest BCUT2D eigenvalue weighted by Gasteiger charge is 2.28. The number of para-hydroxylation sites is 2. The second kappa shape index (κ2) is 3.88. The van der Waals surface area contributed by atoms with E-state index >= 15 is 0 Å². The van der Waals surface area contributed by atoms with Gasteiger partial charge in [0.25, 0.3) is 0 Å². The van der Waals surface area contributed by atoms with E-state index in [2.05, 4.69) is 5.32 Å². The Labute approximate surface area is 83.7 Å². The maximum atomic E-state index is 9.43. The summed E-state index contributed by atoms with van der Waals surface area (Å²) in [5.74, 6) is 0.826. The Hall–Kier alpha value is -1.22. The standard InChI is InChI=1S/C11H15NO2/c1-14-11-5-3-2-4-9(11)12-8-6-7-10(8)13/h2-5,8,10,12-13H,6-7H2,1H3/t8-,10-/m1/s1. The normalized spacial score (nSPS) is 25.3. The van der Waals surface area contributed by atoms with Crippen molar-refractivity contribution in [1.82, 2.24) is 0 Å². The summed E-state index contributed by atoms with van der Waals surface area (Å²) in [6.07, 6.45) is 1.71. The fraction of sp³-hybridized carbons (Fsp3) is 0.455. The predicted octanol–water partition coefficient (Wildman–Crippen LogP) is 1.63. The van der Waals surface area contributed by atoms with E-state index in [0.29, 0.717) is 0 Å². The number of ether oxygens (including phenoxy) is 1. The van der Waals surface area contributed by atoms with Gasteiger partial charge >= 0.3 is 0 Å². The Kier molecular flexibility index (Phi) is 2.59. The molecule has 3 nitrogen and oxygen atoms in total. The van der Waals surface area contributed by atoms with Gasteiger partial charge in [0, 0.05) is 0 Å². The summed E-state index contributed by atoms with van der Waals surface area (Å²) in [4.78, 5) is 0. The zero-order chi connectivity index (χ0) is 9.97. The van der Waals surface area contributed by atoms with Gasteiger partial charge in [0.15, 0.2) is 0 Å². The Morgan fingerprint density at radius 2 is 2.14 bits per heavy atom. The lowest BCUT2D eigenvalue weighted by molar-refractivity contribution is 0.0785. The quantitative estimate of drug-likeness (QED) is 0.766. The van der Waals surface area contributed by atoms with Crippen molar-refractivity contribution in [2.45, 2.75) is 25.0 Å². The molecule has 2 rings (SSSR count). The fourth-order valence-electron chi connectivity index (χ4n) is 1.61. The van der Waals surface area contributed by atoms with Crippen molar-refractivity contribution >= 4 is 5.69 Å². The van der Waals surface area contributed by atoms with E-state index in [0.717, 1.165) is 24.3 Å². The predicted molar refractivity (Wildman–Crippen MR) is 55.6 cm³/mol. The maximum Gasteiger partial charge on any atom is 0.141 e. The van der Waals surface area contributed by atoms with Gasteiger partial charge in [0.1, 0.15) is 5.75 Å². The van der Waals surface area contributed by atoms with Gasteiger partial charge in [-0.15, -0.1) is 0 Å². The molecule has 1 aromatic rings. The number of hydrogen-bond donors (Lipinski definition) is 2. The molecule has 0 unspecified atom stereocenters. The molecule has 0 aromatic heterocycles. The second-order valence-electron chi connectivity index (χ2n) is 3.60. The highest BCUT2D eigenvalue weighted by Crippen LogP contribution is 2.29. The zero-order valence-electron chi connectivity index (χ0n) is 8.23. The average Bonchev–Trinajstić information content (AvgIpc) is 2.24. The molecule has 0 amide bonds. The van der Waals surface area contributed by atoms with E-state index < -0.39 is 0 Å². The van der Waals surface area contributed by atoms with Gasteiger partial charge in [-0.25, -0.2) is 0 Å². The van der Waals surface area contributed by atoms with Crippen LogP contribution in [0.2, 0.25) is 0 Å². The average molecular weight is 193 g/mol. The first-order chi connectivity index (χ1) is 6.81. The van der Waals surface area contributed by atoms with E-state index in [1.54, 1.807) is 7.11 Å². The van der Waals surface area contributed by atoms with Crippen LogP contribution in [0.3, 0.4) is 0 Å². The molecule has 1 aromatic carbocycles. The van der Waals surface area contributed by atoms with Crippen LogP contribution < -0.4 is 10.1 Å². The third kappa shape index (κ3) is 1.68. The third-order valence-corrected chi connectivity index (χ3v) is 2.69. The van der Waals surface area contributed by atoms with E-state index in [9.17, 15) is 5.11 Å². The van der Waals surface area contributed by atoms with Crippen molar-refractivity contribution < 1.29 is 9.84 Å². The molecule has 0 bridgehead atoms. The summed E-state index contributed by atoms with van der Waals surface area (Å²) in [5.41, 5.74) is 0.957. The maximum absolute atomic E-state index is 9.43.